The molecule has 2 aliphatic heterocycles. The molecule has 0 bridgehead atoms. The van der Waals surface area contributed by atoms with Crippen LogP contribution in [0.1, 0.15) is 37.7 Å². The minimum Gasteiger partial charge on any atom is -0.381 e. The molecule has 4 heterocycles. The third-order valence-corrected chi connectivity index (χ3v) is 6.19. The predicted molar refractivity (Wildman–Crippen MR) is 121 cm³/mol. The average molecular weight is 427 g/mol. The third-order valence-electron chi connectivity index (χ3n) is 6.19. The van der Waals surface area contributed by atoms with Gasteiger partial charge in [-0.05, 0) is 56.8 Å². The van der Waals surface area contributed by atoms with Crippen molar-refractivity contribution in [3.63, 3.8) is 0 Å². The first-order valence-electron chi connectivity index (χ1n) is 11.3. The number of nitrogens with zero attached hydrogens (tertiary/aromatic N) is 5. The number of likely N-dealkylation sites (N-methyl/N-ethyl adjacent to an activating group) is 1. The van der Waals surface area contributed by atoms with Crippen LogP contribution >= 0.6 is 0 Å². The van der Waals surface area contributed by atoms with Crippen LogP contribution in [0.25, 0.3) is 5.52 Å². The van der Waals surface area contributed by atoms with Crippen LogP contribution in [-0.4, -0.2) is 83.3 Å². The highest BCUT2D eigenvalue weighted by Gasteiger charge is 2.28. The van der Waals surface area contributed by atoms with E-state index in [2.05, 4.69) is 28.4 Å². The molecule has 0 radical (unpaired) electrons. The van der Waals surface area contributed by atoms with Gasteiger partial charge in [0.15, 0.2) is 5.82 Å². The van der Waals surface area contributed by atoms with Gasteiger partial charge in [-0.15, -0.1) is 0 Å². The number of hydrogen-bond donors (Lipinski definition) is 1. The van der Waals surface area contributed by atoms with Crippen molar-refractivity contribution in [2.75, 3.05) is 52.3 Å². The van der Waals surface area contributed by atoms with Crippen molar-refractivity contribution in [2.45, 2.75) is 38.1 Å². The Morgan fingerprint density at radius 1 is 1.32 bits per heavy atom. The van der Waals surface area contributed by atoms with E-state index in [1.165, 1.54) is 5.56 Å². The Morgan fingerprint density at radius 2 is 2.13 bits per heavy atom. The molecule has 168 valence electrons. The lowest BCUT2D eigenvalue weighted by Gasteiger charge is -2.36. The second-order valence-electron chi connectivity index (χ2n) is 9.15. The summed E-state index contributed by atoms with van der Waals surface area (Å²) in [5.74, 6) is 1.84. The fourth-order valence-corrected chi connectivity index (χ4v) is 4.72. The van der Waals surface area contributed by atoms with Gasteiger partial charge in [0.05, 0.1) is 0 Å². The fraction of sp³-hybridized carbons (Fsp3) is 0.609. The molecule has 0 saturated carbocycles. The number of carbonyl (C=O) groups is 1. The molecule has 2 aromatic heterocycles. The van der Waals surface area contributed by atoms with Crippen molar-refractivity contribution in [1.82, 2.24) is 24.4 Å². The third kappa shape index (κ3) is 5.25. The van der Waals surface area contributed by atoms with E-state index in [1.54, 1.807) is 12.4 Å². The number of amides is 1. The van der Waals surface area contributed by atoms with E-state index in [-0.39, 0.29) is 11.9 Å². The molecule has 0 aliphatic carbocycles. The van der Waals surface area contributed by atoms with Gasteiger partial charge >= 0.3 is 0 Å². The summed E-state index contributed by atoms with van der Waals surface area (Å²) in [5, 5.41) is 8.06. The molecule has 0 unspecified atom stereocenters. The zero-order valence-corrected chi connectivity index (χ0v) is 18.8. The number of nitrogens with one attached hydrogen (secondary N) is 1. The highest BCUT2D eigenvalue weighted by molar-refractivity contribution is 5.87. The molecule has 2 aliphatic rings. The van der Waals surface area contributed by atoms with E-state index in [4.69, 9.17) is 4.74 Å². The van der Waals surface area contributed by atoms with Crippen LogP contribution in [0.5, 0.6) is 0 Å². The lowest BCUT2D eigenvalue weighted by Crippen LogP contribution is -2.48. The summed E-state index contributed by atoms with van der Waals surface area (Å²) in [6.45, 7) is 6.05. The Balaban J connectivity index is 1.51. The maximum atomic E-state index is 12.7. The van der Waals surface area contributed by atoms with Gasteiger partial charge in [-0.3, -0.25) is 4.79 Å². The summed E-state index contributed by atoms with van der Waals surface area (Å²) < 4.78 is 7.47. The molecule has 2 fully saturated rings. The van der Waals surface area contributed by atoms with Crippen LogP contribution in [0, 0.1) is 5.92 Å². The van der Waals surface area contributed by atoms with E-state index in [0.717, 1.165) is 56.9 Å². The number of aromatic nitrogens is 3. The largest absolute Gasteiger partial charge is 0.381 e. The molecule has 2 saturated heterocycles. The number of ether oxygens (including phenoxy) is 1. The summed E-state index contributed by atoms with van der Waals surface area (Å²) in [7, 11) is 3.99. The Labute approximate surface area is 184 Å². The number of rotatable bonds is 6. The van der Waals surface area contributed by atoms with Crippen LogP contribution in [0.3, 0.4) is 0 Å². The highest BCUT2D eigenvalue weighted by atomic mass is 16.5. The molecule has 0 aromatic carbocycles. The topological polar surface area (TPSA) is 75.0 Å². The first kappa shape index (κ1) is 21.8. The minimum absolute atomic E-state index is 0.0821. The summed E-state index contributed by atoms with van der Waals surface area (Å²) in [4.78, 5) is 21.3. The summed E-state index contributed by atoms with van der Waals surface area (Å²) >= 11 is 0. The van der Waals surface area contributed by atoms with Crippen LogP contribution in [0.4, 0.5) is 5.82 Å². The Bertz CT molecular complexity index is 918. The molecule has 0 spiro atoms. The van der Waals surface area contributed by atoms with Gasteiger partial charge in [-0.25, -0.2) is 9.50 Å². The number of anilines is 1. The summed E-state index contributed by atoms with van der Waals surface area (Å²) in [5.41, 5.74) is 2.34. The highest BCUT2D eigenvalue weighted by Crippen LogP contribution is 2.33. The van der Waals surface area contributed by atoms with Crippen molar-refractivity contribution in [2.24, 2.45) is 5.92 Å². The van der Waals surface area contributed by atoms with Gasteiger partial charge in [0.25, 0.3) is 0 Å². The number of likely N-dealkylation sites (tertiary alicyclic amines) is 1. The number of fused-ring (bicyclic) bond motifs is 1. The summed E-state index contributed by atoms with van der Waals surface area (Å²) in [6.07, 6.45) is 10.3. The Hall–Kier alpha value is -2.45. The van der Waals surface area contributed by atoms with Crippen LogP contribution < -0.4 is 5.32 Å². The van der Waals surface area contributed by atoms with Crippen molar-refractivity contribution in [3.8, 4) is 0 Å². The van der Waals surface area contributed by atoms with E-state index in [9.17, 15) is 4.79 Å². The second-order valence-corrected chi connectivity index (χ2v) is 9.15. The molecule has 8 nitrogen and oxygen atoms in total. The van der Waals surface area contributed by atoms with E-state index < -0.39 is 0 Å². The van der Waals surface area contributed by atoms with Gasteiger partial charge in [-0.2, -0.15) is 5.10 Å². The SMILES string of the molecule is C[C@H]1C[C@@H](Nc2ncnn3ccc(C4CCOCC4)c23)CN(C(=O)/C=C/CN(C)C)C1. The van der Waals surface area contributed by atoms with Crippen molar-refractivity contribution < 1.29 is 9.53 Å². The van der Waals surface area contributed by atoms with Gasteiger partial charge in [0.1, 0.15) is 11.8 Å². The Kier molecular flexibility index (Phi) is 6.87. The zero-order chi connectivity index (χ0) is 21.8. The Morgan fingerprint density at radius 3 is 2.90 bits per heavy atom. The summed E-state index contributed by atoms with van der Waals surface area (Å²) in [6, 6.07) is 2.33. The fourth-order valence-electron chi connectivity index (χ4n) is 4.72. The standard InChI is InChI=1S/C23H34N6O2/c1-17-13-19(15-28(14-17)21(30)5-4-9-27(2)3)26-23-22-20(18-7-11-31-12-8-18)6-10-29(22)25-16-24-23/h4-6,10,16-19H,7-9,11-15H2,1-3H3,(H,24,25,26)/b5-4+/t17-,19+/m0/s1. The van der Waals surface area contributed by atoms with Gasteiger partial charge in [0.2, 0.25) is 5.91 Å². The van der Waals surface area contributed by atoms with Crippen molar-refractivity contribution >= 4 is 17.2 Å². The van der Waals surface area contributed by atoms with Crippen LogP contribution in [0.2, 0.25) is 0 Å². The van der Waals surface area contributed by atoms with E-state index in [0.29, 0.717) is 18.4 Å². The monoisotopic (exact) mass is 426 g/mol. The molecule has 2 aromatic rings. The minimum atomic E-state index is 0.0821. The molecule has 2 atom stereocenters. The van der Waals surface area contributed by atoms with Crippen LogP contribution in [0.15, 0.2) is 30.7 Å². The molecule has 31 heavy (non-hydrogen) atoms. The predicted octanol–water partition coefficient (Wildman–Crippen LogP) is 2.39. The van der Waals surface area contributed by atoms with Gasteiger partial charge in [0, 0.05) is 51.2 Å². The first-order valence-corrected chi connectivity index (χ1v) is 11.3. The van der Waals surface area contributed by atoms with Crippen molar-refractivity contribution in [1.29, 1.82) is 0 Å². The molecular formula is C23H34N6O2. The average Bonchev–Trinajstić information content (AvgIpc) is 3.19. The van der Waals surface area contributed by atoms with Crippen LogP contribution in [-0.2, 0) is 9.53 Å². The number of carbonyl (C=O) groups excluding carboxylic acids is 1. The van der Waals surface area contributed by atoms with Gasteiger partial charge in [-0.1, -0.05) is 13.0 Å². The van der Waals surface area contributed by atoms with E-state index in [1.807, 2.05) is 40.7 Å². The zero-order valence-electron chi connectivity index (χ0n) is 18.8. The quantitative estimate of drug-likeness (QED) is 0.715. The molecule has 4 rings (SSSR count). The molecule has 8 heteroatoms. The number of piperidine rings is 1. The molecular weight excluding hydrogens is 392 g/mol. The number of hydrogen-bond acceptors (Lipinski definition) is 6. The van der Waals surface area contributed by atoms with E-state index >= 15 is 0 Å². The molecule has 1 amide bonds. The lowest BCUT2D eigenvalue weighted by atomic mass is 9.92. The maximum Gasteiger partial charge on any atom is 0.246 e. The van der Waals surface area contributed by atoms with Gasteiger partial charge < -0.3 is 19.9 Å². The maximum absolute atomic E-state index is 12.7. The van der Waals surface area contributed by atoms with Crippen molar-refractivity contribution in [3.05, 3.63) is 36.3 Å². The lowest BCUT2D eigenvalue weighted by molar-refractivity contribution is -0.127. The molecule has 1 N–H and O–H groups in total. The smallest absolute Gasteiger partial charge is 0.246 e. The second kappa shape index (κ2) is 9.78. The first-order chi connectivity index (χ1) is 15.0. The normalized spacial score (nSPS) is 23.2.